The summed E-state index contributed by atoms with van der Waals surface area (Å²) in [7, 11) is -1.69. The molecule has 1 aliphatic heterocycles. The number of sulfonamides is 1. The van der Waals surface area contributed by atoms with Gasteiger partial charge in [-0.05, 0) is 18.7 Å². The van der Waals surface area contributed by atoms with Gasteiger partial charge in [0.1, 0.15) is 5.58 Å². The SMILES string of the molecule is CN1CCN(S(=O)(=O)c2cc3ccccc3o2)C(c2ccccc2)C1. The molecule has 130 valence electrons. The van der Waals surface area contributed by atoms with Crippen LogP contribution in [0.25, 0.3) is 11.0 Å². The van der Waals surface area contributed by atoms with Crippen LogP contribution < -0.4 is 0 Å². The van der Waals surface area contributed by atoms with E-state index in [2.05, 4.69) is 4.90 Å². The molecule has 5 nitrogen and oxygen atoms in total. The van der Waals surface area contributed by atoms with Gasteiger partial charge < -0.3 is 9.32 Å². The number of hydrogen-bond acceptors (Lipinski definition) is 4. The largest absolute Gasteiger partial charge is 0.443 e. The van der Waals surface area contributed by atoms with E-state index < -0.39 is 10.0 Å². The monoisotopic (exact) mass is 356 g/mol. The molecule has 2 heterocycles. The van der Waals surface area contributed by atoms with Gasteiger partial charge in [-0.15, -0.1) is 0 Å². The van der Waals surface area contributed by atoms with Crippen LogP contribution in [0.5, 0.6) is 0 Å². The van der Waals surface area contributed by atoms with Crippen LogP contribution in [0.2, 0.25) is 0 Å². The maximum Gasteiger partial charge on any atom is 0.277 e. The summed E-state index contributed by atoms with van der Waals surface area (Å²) in [5.74, 6) is 0. The zero-order chi connectivity index (χ0) is 17.4. The maximum atomic E-state index is 13.3. The summed E-state index contributed by atoms with van der Waals surface area (Å²) in [4.78, 5) is 2.16. The minimum Gasteiger partial charge on any atom is -0.443 e. The fourth-order valence-electron chi connectivity index (χ4n) is 3.34. The molecule has 0 spiro atoms. The third-order valence-electron chi connectivity index (χ3n) is 4.68. The predicted octanol–water partition coefficient (Wildman–Crippen LogP) is 3.11. The molecule has 0 amide bonds. The zero-order valence-electron chi connectivity index (χ0n) is 14.0. The van der Waals surface area contributed by atoms with Crippen molar-refractivity contribution in [3.63, 3.8) is 0 Å². The van der Waals surface area contributed by atoms with Crippen molar-refractivity contribution in [2.75, 3.05) is 26.7 Å². The molecular formula is C19H20N2O3S. The van der Waals surface area contributed by atoms with Gasteiger partial charge in [0, 0.05) is 31.1 Å². The number of likely N-dealkylation sites (N-methyl/N-ethyl adjacent to an activating group) is 1. The summed E-state index contributed by atoms with van der Waals surface area (Å²) in [6.07, 6.45) is 0. The van der Waals surface area contributed by atoms with Crippen molar-refractivity contribution in [1.29, 1.82) is 0 Å². The van der Waals surface area contributed by atoms with E-state index in [9.17, 15) is 8.42 Å². The second kappa shape index (κ2) is 6.29. The zero-order valence-corrected chi connectivity index (χ0v) is 14.8. The van der Waals surface area contributed by atoms with Crippen LogP contribution in [0.15, 0.2) is 70.2 Å². The Bertz CT molecular complexity index is 949. The number of fused-ring (bicyclic) bond motifs is 1. The van der Waals surface area contributed by atoms with E-state index in [0.29, 0.717) is 25.2 Å². The van der Waals surface area contributed by atoms with E-state index in [-0.39, 0.29) is 11.1 Å². The van der Waals surface area contributed by atoms with Crippen molar-refractivity contribution in [3.8, 4) is 0 Å². The fourth-order valence-corrected chi connectivity index (χ4v) is 4.88. The molecule has 4 rings (SSSR count). The second-order valence-electron chi connectivity index (χ2n) is 6.41. The van der Waals surface area contributed by atoms with Crippen molar-refractivity contribution in [2.45, 2.75) is 11.1 Å². The molecule has 0 saturated carbocycles. The molecule has 0 bridgehead atoms. The molecule has 1 saturated heterocycles. The van der Waals surface area contributed by atoms with Crippen molar-refractivity contribution in [3.05, 3.63) is 66.2 Å². The minimum absolute atomic E-state index is 0.0131. The van der Waals surface area contributed by atoms with Gasteiger partial charge in [0.25, 0.3) is 10.0 Å². The molecule has 1 unspecified atom stereocenters. The molecule has 1 fully saturated rings. The topological polar surface area (TPSA) is 53.8 Å². The summed E-state index contributed by atoms with van der Waals surface area (Å²) in [6.45, 7) is 1.79. The van der Waals surface area contributed by atoms with Gasteiger partial charge in [0.2, 0.25) is 5.09 Å². The fraction of sp³-hybridized carbons (Fsp3) is 0.263. The third kappa shape index (κ3) is 2.97. The molecule has 2 aromatic carbocycles. The van der Waals surface area contributed by atoms with Gasteiger partial charge in [-0.25, -0.2) is 8.42 Å². The molecule has 0 N–H and O–H groups in total. The number of rotatable bonds is 3. The summed E-state index contributed by atoms with van der Waals surface area (Å²) in [5.41, 5.74) is 1.58. The van der Waals surface area contributed by atoms with Crippen LogP contribution in [0, 0.1) is 0 Å². The van der Waals surface area contributed by atoms with E-state index in [1.54, 1.807) is 16.4 Å². The van der Waals surface area contributed by atoms with E-state index in [1.165, 1.54) is 0 Å². The van der Waals surface area contributed by atoms with Gasteiger partial charge in [-0.2, -0.15) is 4.31 Å². The van der Waals surface area contributed by atoms with Crippen LogP contribution in [0.4, 0.5) is 0 Å². The Kier molecular flexibility index (Phi) is 4.11. The van der Waals surface area contributed by atoms with Crippen molar-refractivity contribution < 1.29 is 12.8 Å². The molecular weight excluding hydrogens is 336 g/mol. The number of furan rings is 1. The van der Waals surface area contributed by atoms with Crippen LogP contribution in [0.3, 0.4) is 0 Å². The lowest BCUT2D eigenvalue weighted by atomic mass is 10.1. The Morgan fingerprint density at radius 1 is 1.00 bits per heavy atom. The molecule has 6 heteroatoms. The van der Waals surface area contributed by atoms with Gasteiger partial charge in [-0.1, -0.05) is 48.5 Å². The minimum atomic E-state index is -3.70. The highest BCUT2D eigenvalue weighted by Gasteiger charge is 2.37. The van der Waals surface area contributed by atoms with Gasteiger partial charge in [0.05, 0.1) is 6.04 Å². The molecule has 1 aromatic heterocycles. The number of para-hydroxylation sites is 1. The van der Waals surface area contributed by atoms with Crippen LogP contribution in [-0.2, 0) is 10.0 Å². The van der Waals surface area contributed by atoms with Crippen LogP contribution in [-0.4, -0.2) is 44.3 Å². The standard InChI is InChI=1S/C19H20N2O3S/c1-20-11-12-21(17(14-20)15-7-3-2-4-8-15)25(22,23)19-13-16-9-5-6-10-18(16)24-19/h2-10,13,17H,11-12,14H2,1H3. The molecule has 3 aromatic rings. The molecule has 1 atom stereocenters. The first-order chi connectivity index (χ1) is 12.1. The maximum absolute atomic E-state index is 13.3. The first-order valence-electron chi connectivity index (χ1n) is 8.29. The average Bonchev–Trinajstić information content (AvgIpc) is 3.07. The Morgan fingerprint density at radius 2 is 1.72 bits per heavy atom. The lowest BCUT2D eigenvalue weighted by molar-refractivity contribution is 0.159. The molecule has 1 aliphatic rings. The molecule has 0 aliphatic carbocycles. The molecule has 25 heavy (non-hydrogen) atoms. The Hall–Kier alpha value is -2.15. The third-order valence-corrected chi connectivity index (χ3v) is 6.45. The van der Waals surface area contributed by atoms with Crippen molar-refractivity contribution >= 4 is 21.0 Å². The van der Waals surface area contributed by atoms with E-state index in [1.807, 2.05) is 55.6 Å². The lowest BCUT2D eigenvalue weighted by Gasteiger charge is -2.38. The van der Waals surface area contributed by atoms with E-state index in [0.717, 1.165) is 10.9 Å². The van der Waals surface area contributed by atoms with Gasteiger partial charge in [0.15, 0.2) is 0 Å². The Labute approximate surface area is 147 Å². The van der Waals surface area contributed by atoms with Crippen LogP contribution in [0.1, 0.15) is 11.6 Å². The average molecular weight is 356 g/mol. The van der Waals surface area contributed by atoms with Gasteiger partial charge in [-0.3, -0.25) is 0 Å². The summed E-state index contributed by atoms with van der Waals surface area (Å²) >= 11 is 0. The van der Waals surface area contributed by atoms with E-state index >= 15 is 0 Å². The van der Waals surface area contributed by atoms with Gasteiger partial charge >= 0.3 is 0 Å². The normalized spacial score (nSPS) is 20.1. The highest BCUT2D eigenvalue weighted by molar-refractivity contribution is 7.89. The lowest BCUT2D eigenvalue weighted by Crippen LogP contribution is -2.49. The number of benzene rings is 2. The van der Waals surface area contributed by atoms with Crippen molar-refractivity contribution in [2.24, 2.45) is 0 Å². The number of nitrogens with zero attached hydrogens (tertiary/aromatic N) is 2. The first-order valence-corrected chi connectivity index (χ1v) is 9.73. The summed E-state index contributed by atoms with van der Waals surface area (Å²) < 4.78 is 33.7. The Morgan fingerprint density at radius 3 is 2.48 bits per heavy atom. The number of hydrogen-bond donors (Lipinski definition) is 0. The van der Waals surface area contributed by atoms with Crippen molar-refractivity contribution in [1.82, 2.24) is 9.21 Å². The smallest absolute Gasteiger partial charge is 0.277 e. The summed E-state index contributed by atoms with van der Waals surface area (Å²) in [5, 5.41) is 0.811. The molecule has 0 radical (unpaired) electrons. The Balaban J connectivity index is 1.76. The second-order valence-corrected chi connectivity index (χ2v) is 8.23. The highest BCUT2D eigenvalue weighted by Crippen LogP contribution is 2.33. The quantitative estimate of drug-likeness (QED) is 0.724. The van der Waals surface area contributed by atoms with E-state index in [4.69, 9.17) is 4.42 Å². The first kappa shape index (κ1) is 16.3. The van der Waals surface area contributed by atoms with Crippen LogP contribution >= 0.6 is 0 Å². The number of piperazine rings is 1. The highest BCUT2D eigenvalue weighted by atomic mass is 32.2. The summed E-state index contributed by atoms with van der Waals surface area (Å²) in [6, 6.07) is 18.5. The predicted molar refractivity (Wildman–Crippen MR) is 96.8 cm³/mol.